The number of nitrogens with zero attached hydrogens (tertiary/aromatic N) is 5. The average molecular weight is 453 g/mol. The van der Waals surface area contributed by atoms with E-state index >= 15 is 0 Å². The Labute approximate surface area is 181 Å². The fourth-order valence-corrected chi connectivity index (χ4v) is 3.79. The number of benzene rings is 1. The number of aromatic nitrogens is 4. The van der Waals surface area contributed by atoms with Crippen LogP contribution in [0.1, 0.15) is 25.0 Å². The van der Waals surface area contributed by atoms with Crippen LogP contribution in [0.3, 0.4) is 0 Å². The van der Waals surface area contributed by atoms with Crippen molar-refractivity contribution in [3.05, 3.63) is 64.3 Å². The fraction of sp³-hybridized carbons (Fsp3) is 0.429. The molecule has 7 nitrogen and oxygen atoms in total. The monoisotopic (exact) mass is 453 g/mol. The Hall–Kier alpha value is -3.08. The molecule has 32 heavy (non-hydrogen) atoms. The van der Waals surface area contributed by atoms with Crippen molar-refractivity contribution in [2.24, 2.45) is 0 Å². The Morgan fingerprint density at radius 2 is 2.03 bits per heavy atom. The van der Waals surface area contributed by atoms with Crippen molar-refractivity contribution in [3.8, 4) is 5.69 Å². The Bertz CT molecular complexity index is 1160. The zero-order valence-electron chi connectivity index (χ0n) is 17.6. The number of halogens is 4. The van der Waals surface area contributed by atoms with E-state index in [1.54, 1.807) is 22.0 Å². The quantitative estimate of drug-likeness (QED) is 0.557. The van der Waals surface area contributed by atoms with Crippen molar-refractivity contribution in [1.29, 1.82) is 0 Å². The van der Waals surface area contributed by atoms with Gasteiger partial charge in [0.05, 0.1) is 36.7 Å². The van der Waals surface area contributed by atoms with Crippen LogP contribution in [0.5, 0.6) is 0 Å². The van der Waals surface area contributed by atoms with Gasteiger partial charge in [0.25, 0.3) is 0 Å². The van der Waals surface area contributed by atoms with Crippen molar-refractivity contribution < 1.29 is 22.3 Å². The van der Waals surface area contributed by atoms with E-state index < -0.39 is 28.9 Å². The van der Waals surface area contributed by atoms with E-state index in [1.165, 1.54) is 23.0 Å². The molecular formula is C21H23F4N5O2. The van der Waals surface area contributed by atoms with Crippen LogP contribution in [0.4, 0.5) is 23.2 Å². The largest absolute Gasteiger partial charge is 0.419 e. The van der Waals surface area contributed by atoms with Gasteiger partial charge < -0.3 is 9.64 Å². The molecule has 4 rings (SSSR count). The van der Waals surface area contributed by atoms with Crippen molar-refractivity contribution in [2.45, 2.75) is 39.2 Å². The van der Waals surface area contributed by atoms with Gasteiger partial charge in [0, 0.05) is 49.5 Å². The van der Waals surface area contributed by atoms with Crippen LogP contribution >= 0.6 is 0 Å². The van der Waals surface area contributed by atoms with E-state index in [-0.39, 0.29) is 18.3 Å². The zero-order chi connectivity index (χ0) is 23.0. The summed E-state index contributed by atoms with van der Waals surface area (Å²) >= 11 is 0. The highest BCUT2D eigenvalue weighted by molar-refractivity contribution is 5.58. The van der Waals surface area contributed by atoms with E-state index in [1.807, 2.05) is 13.8 Å². The third kappa shape index (κ3) is 4.29. The molecule has 0 N–H and O–H groups in total. The number of alkyl halides is 3. The second kappa shape index (κ2) is 8.45. The van der Waals surface area contributed by atoms with Crippen LogP contribution < -0.4 is 10.6 Å². The highest BCUT2D eigenvalue weighted by atomic mass is 19.4. The Kier molecular flexibility index (Phi) is 5.85. The number of ether oxygens (including phenoxy) is 1. The molecule has 0 bridgehead atoms. The number of hydrogen-bond acceptors (Lipinski definition) is 4. The lowest BCUT2D eigenvalue weighted by Crippen LogP contribution is -2.41. The standard InChI is InChI=1S/C21H23F4N5O2/c1-3-29-13-15(10-26-29)12-28-4-5-30(20(28)31)18-9-16(27-6-7-32-14(2)11-27)8-17(19(18)22)21(23,24)25/h4-5,8-10,13-14H,3,6-7,11-12H2,1-2H3/t14-/m1/s1. The van der Waals surface area contributed by atoms with Crippen molar-refractivity contribution in [2.75, 3.05) is 24.6 Å². The normalized spacial score (nSPS) is 17.2. The minimum Gasteiger partial charge on any atom is -0.375 e. The minimum atomic E-state index is -4.91. The topological polar surface area (TPSA) is 57.2 Å². The summed E-state index contributed by atoms with van der Waals surface area (Å²) in [4.78, 5) is 14.6. The number of anilines is 1. The molecule has 0 unspecified atom stereocenters. The number of morpholine rings is 1. The molecule has 1 fully saturated rings. The molecular weight excluding hydrogens is 430 g/mol. The maximum Gasteiger partial charge on any atom is 0.419 e. The van der Waals surface area contributed by atoms with Crippen LogP contribution in [0.15, 0.2) is 41.7 Å². The lowest BCUT2D eigenvalue weighted by Gasteiger charge is -2.33. The smallest absolute Gasteiger partial charge is 0.375 e. The first-order chi connectivity index (χ1) is 15.2. The Balaban J connectivity index is 1.76. The van der Waals surface area contributed by atoms with Gasteiger partial charge in [-0.1, -0.05) is 0 Å². The predicted molar refractivity (Wildman–Crippen MR) is 110 cm³/mol. The molecule has 0 saturated carbocycles. The second-order valence-corrected chi connectivity index (χ2v) is 7.73. The van der Waals surface area contributed by atoms with E-state index in [0.717, 1.165) is 16.2 Å². The number of hydrogen-bond donors (Lipinski definition) is 0. The molecule has 0 aliphatic carbocycles. The zero-order valence-corrected chi connectivity index (χ0v) is 17.6. The summed E-state index contributed by atoms with van der Waals surface area (Å²) in [6.07, 6.45) is 0.980. The number of rotatable bonds is 5. The maximum atomic E-state index is 15.0. The molecule has 3 heterocycles. The first-order valence-corrected chi connectivity index (χ1v) is 10.2. The van der Waals surface area contributed by atoms with Gasteiger partial charge in [0.15, 0.2) is 5.82 Å². The van der Waals surface area contributed by atoms with Crippen LogP contribution in [0.25, 0.3) is 5.69 Å². The lowest BCUT2D eigenvalue weighted by atomic mass is 10.1. The van der Waals surface area contributed by atoms with Gasteiger partial charge in [0.2, 0.25) is 0 Å². The molecule has 3 aromatic rings. The predicted octanol–water partition coefficient (Wildman–Crippen LogP) is 3.29. The molecule has 11 heteroatoms. The van der Waals surface area contributed by atoms with Crippen LogP contribution in [-0.4, -0.2) is 44.7 Å². The molecule has 1 saturated heterocycles. The van der Waals surface area contributed by atoms with E-state index in [9.17, 15) is 22.4 Å². The first-order valence-electron chi connectivity index (χ1n) is 10.2. The average Bonchev–Trinajstić information content (AvgIpc) is 3.34. The van der Waals surface area contributed by atoms with E-state index in [2.05, 4.69) is 5.10 Å². The molecule has 1 aliphatic heterocycles. The summed E-state index contributed by atoms with van der Waals surface area (Å²) in [5.74, 6) is -1.48. The number of aryl methyl sites for hydroxylation is 1. The summed E-state index contributed by atoms with van der Waals surface area (Å²) in [5, 5.41) is 4.14. The van der Waals surface area contributed by atoms with Crippen LogP contribution in [0.2, 0.25) is 0 Å². The molecule has 2 aromatic heterocycles. The van der Waals surface area contributed by atoms with E-state index in [4.69, 9.17) is 4.74 Å². The third-order valence-corrected chi connectivity index (χ3v) is 5.42. The molecule has 1 atom stereocenters. The van der Waals surface area contributed by atoms with Crippen LogP contribution in [-0.2, 0) is 24.0 Å². The summed E-state index contributed by atoms with van der Waals surface area (Å²) in [7, 11) is 0. The third-order valence-electron chi connectivity index (χ3n) is 5.42. The summed E-state index contributed by atoms with van der Waals surface area (Å²) in [6.45, 7) is 5.63. The summed E-state index contributed by atoms with van der Waals surface area (Å²) in [6, 6.07) is 2.07. The fourth-order valence-electron chi connectivity index (χ4n) is 3.79. The maximum absolute atomic E-state index is 15.0. The molecule has 0 amide bonds. The molecule has 0 spiro atoms. The first kappa shape index (κ1) is 22.1. The van der Waals surface area contributed by atoms with Gasteiger partial charge >= 0.3 is 11.9 Å². The summed E-state index contributed by atoms with van der Waals surface area (Å²) < 4.78 is 65.2. The van der Waals surface area contributed by atoms with Crippen molar-refractivity contribution in [3.63, 3.8) is 0 Å². The molecule has 172 valence electrons. The SMILES string of the molecule is CCn1cc(Cn2ccn(-c3cc(N4CCO[C@H](C)C4)cc(C(F)(F)F)c3F)c2=O)cn1. The highest BCUT2D eigenvalue weighted by Crippen LogP contribution is 2.37. The molecule has 1 aromatic carbocycles. The van der Waals surface area contributed by atoms with Gasteiger partial charge in [-0.15, -0.1) is 0 Å². The Morgan fingerprint density at radius 3 is 2.69 bits per heavy atom. The minimum absolute atomic E-state index is 0.167. The van der Waals surface area contributed by atoms with Gasteiger partial charge in [-0.3, -0.25) is 13.8 Å². The number of imidazole rings is 1. The lowest BCUT2D eigenvalue weighted by molar-refractivity contribution is -0.139. The van der Waals surface area contributed by atoms with Crippen molar-refractivity contribution in [1.82, 2.24) is 18.9 Å². The van der Waals surface area contributed by atoms with Crippen LogP contribution in [0, 0.1) is 5.82 Å². The second-order valence-electron chi connectivity index (χ2n) is 7.73. The van der Waals surface area contributed by atoms with E-state index in [0.29, 0.717) is 26.2 Å². The Morgan fingerprint density at radius 1 is 1.25 bits per heavy atom. The highest BCUT2D eigenvalue weighted by Gasteiger charge is 2.37. The van der Waals surface area contributed by atoms with Gasteiger partial charge in [-0.2, -0.15) is 18.3 Å². The molecule has 0 radical (unpaired) electrons. The molecule has 1 aliphatic rings. The van der Waals surface area contributed by atoms with Gasteiger partial charge in [0.1, 0.15) is 0 Å². The van der Waals surface area contributed by atoms with Gasteiger partial charge in [-0.25, -0.2) is 9.18 Å². The summed E-state index contributed by atoms with van der Waals surface area (Å²) in [5.41, 5.74) is -1.56. The van der Waals surface area contributed by atoms with Crippen molar-refractivity contribution >= 4 is 5.69 Å². The van der Waals surface area contributed by atoms with Gasteiger partial charge in [-0.05, 0) is 26.0 Å².